The molecule has 0 aromatic carbocycles. The van der Waals surface area contributed by atoms with Crippen molar-refractivity contribution in [3.05, 3.63) is 21.6 Å². The Balaban J connectivity index is 3.11. The van der Waals surface area contributed by atoms with E-state index in [-0.39, 0.29) is 11.0 Å². The van der Waals surface area contributed by atoms with Gasteiger partial charge in [-0.2, -0.15) is 0 Å². The third kappa shape index (κ3) is 3.50. The predicted octanol–water partition coefficient (Wildman–Crippen LogP) is 3.62. The minimum Gasteiger partial charge on any atom is -0.299 e. The molecule has 1 heterocycles. The number of aromatic nitrogens is 2. The lowest BCUT2D eigenvalue weighted by Crippen LogP contribution is -2.26. The van der Waals surface area contributed by atoms with Crippen molar-refractivity contribution in [2.24, 2.45) is 0 Å². The first-order chi connectivity index (χ1) is 8.41. The van der Waals surface area contributed by atoms with Gasteiger partial charge in [0.1, 0.15) is 0 Å². The predicted molar refractivity (Wildman–Crippen MR) is 77.3 cm³/mol. The van der Waals surface area contributed by atoms with E-state index in [0.29, 0.717) is 0 Å². The standard InChI is InChI=1S/C15H28N2O/c1-6-8-10-12-13(15(3,4)5)14(18)17(16-12)11-9-7-2/h16H,6-11H2,1-5H3. The maximum Gasteiger partial charge on any atom is 0.270 e. The number of aromatic amines is 1. The van der Waals surface area contributed by atoms with E-state index >= 15 is 0 Å². The largest absolute Gasteiger partial charge is 0.299 e. The molecule has 18 heavy (non-hydrogen) atoms. The van der Waals surface area contributed by atoms with Crippen molar-refractivity contribution < 1.29 is 0 Å². The second-order valence-corrected chi connectivity index (χ2v) is 6.13. The third-order valence-electron chi connectivity index (χ3n) is 3.30. The maximum atomic E-state index is 12.4. The number of hydrogen-bond donors (Lipinski definition) is 1. The maximum absolute atomic E-state index is 12.4. The number of rotatable bonds is 6. The van der Waals surface area contributed by atoms with Crippen molar-refractivity contribution in [3.63, 3.8) is 0 Å². The lowest BCUT2D eigenvalue weighted by Gasteiger charge is -2.17. The average Bonchev–Trinajstić information content (AvgIpc) is 2.60. The molecular formula is C15H28N2O. The molecule has 3 heteroatoms. The molecule has 0 radical (unpaired) electrons. The summed E-state index contributed by atoms with van der Waals surface area (Å²) in [7, 11) is 0. The second kappa shape index (κ2) is 6.26. The summed E-state index contributed by atoms with van der Waals surface area (Å²) in [4.78, 5) is 12.4. The van der Waals surface area contributed by atoms with Gasteiger partial charge >= 0.3 is 0 Å². The highest BCUT2D eigenvalue weighted by molar-refractivity contribution is 5.25. The van der Waals surface area contributed by atoms with Crippen LogP contribution < -0.4 is 5.56 Å². The van der Waals surface area contributed by atoms with Crippen molar-refractivity contribution in [2.45, 2.75) is 78.7 Å². The molecule has 0 fully saturated rings. The van der Waals surface area contributed by atoms with Gasteiger partial charge < -0.3 is 0 Å². The fourth-order valence-corrected chi connectivity index (χ4v) is 2.32. The minimum absolute atomic E-state index is 0.0753. The van der Waals surface area contributed by atoms with Crippen molar-refractivity contribution in [2.75, 3.05) is 0 Å². The Bertz CT molecular complexity index is 421. The molecule has 0 aliphatic heterocycles. The van der Waals surface area contributed by atoms with E-state index in [1.807, 2.05) is 0 Å². The number of unbranched alkanes of at least 4 members (excludes halogenated alkanes) is 2. The number of H-pyrrole nitrogens is 1. The number of hydrogen-bond acceptors (Lipinski definition) is 1. The summed E-state index contributed by atoms with van der Waals surface area (Å²) < 4.78 is 1.80. The zero-order valence-corrected chi connectivity index (χ0v) is 12.6. The van der Waals surface area contributed by atoms with Gasteiger partial charge in [-0.05, 0) is 24.7 Å². The van der Waals surface area contributed by atoms with Gasteiger partial charge in [0.05, 0.1) is 0 Å². The Hall–Kier alpha value is -0.990. The molecule has 1 rings (SSSR count). The van der Waals surface area contributed by atoms with E-state index in [1.165, 1.54) is 0 Å². The molecule has 0 atom stereocenters. The van der Waals surface area contributed by atoms with Crippen LogP contribution in [0.15, 0.2) is 4.79 Å². The molecule has 0 aliphatic carbocycles. The molecule has 0 spiro atoms. The molecule has 0 unspecified atom stereocenters. The van der Waals surface area contributed by atoms with E-state index in [0.717, 1.165) is 49.9 Å². The fraction of sp³-hybridized carbons (Fsp3) is 0.800. The molecule has 1 aromatic heterocycles. The van der Waals surface area contributed by atoms with Crippen LogP contribution in [0, 0.1) is 0 Å². The first-order valence-corrected chi connectivity index (χ1v) is 7.24. The molecule has 3 nitrogen and oxygen atoms in total. The smallest absolute Gasteiger partial charge is 0.270 e. The summed E-state index contributed by atoms with van der Waals surface area (Å²) in [5.41, 5.74) is 2.23. The van der Waals surface area contributed by atoms with Crippen LogP contribution in [0.5, 0.6) is 0 Å². The van der Waals surface area contributed by atoms with Crippen LogP contribution in [0.4, 0.5) is 0 Å². The summed E-state index contributed by atoms with van der Waals surface area (Å²) >= 11 is 0. The SMILES string of the molecule is CCCCc1[nH]n(CCCC)c(=O)c1C(C)(C)C. The number of nitrogens with zero attached hydrogens (tertiary/aromatic N) is 1. The molecule has 1 aromatic rings. The van der Waals surface area contributed by atoms with Gasteiger partial charge in [-0.25, -0.2) is 0 Å². The van der Waals surface area contributed by atoms with E-state index in [2.05, 4.69) is 39.7 Å². The van der Waals surface area contributed by atoms with E-state index in [4.69, 9.17) is 0 Å². The van der Waals surface area contributed by atoms with Crippen molar-refractivity contribution in [3.8, 4) is 0 Å². The van der Waals surface area contributed by atoms with Gasteiger partial charge in [0.2, 0.25) is 0 Å². The lowest BCUT2D eigenvalue weighted by atomic mass is 9.86. The van der Waals surface area contributed by atoms with Crippen molar-refractivity contribution in [1.29, 1.82) is 0 Å². The molecule has 0 aliphatic rings. The molecule has 1 N–H and O–H groups in total. The van der Waals surface area contributed by atoms with Crippen LogP contribution in [0.3, 0.4) is 0 Å². The first-order valence-electron chi connectivity index (χ1n) is 7.24. The van der Waals surface area contributed by atoms with Gasteiger partial charge in [0.25, 0.3) is 5.56 Å². The highest BCUT2D eigenvalue weighted by atomic mass is 16.1. The minimum atomic E-state index is -0.0753. The van der Waals surface area contributed by atoms with Crippen LogP contribution in [0.1, 0.15) is 71.6 Å². The van der Waals surface area contributed by atoms with E-state index in [9.17, 15) is 4.79 Å². The molecule has 0 saturated carbocycles. The van der Waals surface area contributed by atoms with Crippen molar-refractivity contribution >= 4 is 0 Å². The summed E-state index contributed by atoms with van der Waals surface area (Å²) in [6, 6.07) is 0. The molecule has 0 bridgehead atoms. The monoisotopic (exact) mass is 252 g/mol. The molecule has 104 valence electrons. The van der Waals surface area contributed by atoms with Crippen molar-refractivity contribution in [1.82, 2.24) is 9.78 Å². The van der Waals surface area contributed by atoms with Gasteiger partial charge in [-0.3, -0.25) is 14.6 Å². The molecular weight excluding hydrogens is 224 g/mol. The van der Waals surface area contributed by atoms with Gasteiger partial charge in [-0.15, -0.1) is 0 Å². The van der Waals surface area contributed by atoms with Crippen LogP contribution >= 0.6 is 0 Å². The molecule has 0 amide bonds. The highest BCUT2D eigenvalue weighted by Crippen LogP contribution is 2.23. The quantitative estimate of drug-likeness (QED) is 0.825. The van der Waals surface area contributed by atoms with Crippen LogP contribution in [-0.4, -0.2) is 9.78 Å². The third-order valence-corrected chi connectivity index (χ3v) is 3.30. The summed E-state index contributed by atoms with van der Waals surface area (Å²) in [6.07, 6.45) is 5.44. The van der Waals surface area contributed by atoms with Gasteiger partial charge in [-0.1, -0.05) is 47.5 Å². The Kier molecular flexibility index (Phi) is 5.24. The second-order valence-electron chi connectivity index (χ2n) is 6.13. The van der Waals surface area contributed by atoms with E-state index in [1.54, 1.807) is 4.68 Å². The normalized spacial score (nSPS) is 12.1. The summed E-state index contributed by atoms with van der Waals surface area (Å²) in [5.74, 6) is 0. The van der Waals surface area contributed by atoms with Crippen LogP contribution in [0.2, 0.25) is 0 Å². The Labute approximate surface area is 111 Å². The Morgan fingerprint density at radius 2 is 1.72 bits per heavy atom. The Morgan fingerprint density at radius 3 is 2.22 bits per heavy atom. The average molecular weight is 252 g/mol. The highest BCUT2D eigenvalue weighted by Gasteiger charge is 2.25. The van der Waals surface area contributed by atoms with E-state index < -0.39 is 0 Å². The number of aryl methyl sites for hydroxylation is 2. The Morgan fingerprint density at radius 1 is 1.11 bits per heavy atom. The topological polar surface area (TPSA) is 37.8 Å². The fourth-order valence-electron chi connectivity index (χ4n) is 2.32. The van der Waals surface area contributed by atoms with Gasteiger partial charge in [0.15, 0.2) is 0 Å². The van der Waals surface area contributed by atoms with Crippen LogP contribution in [-0.2, 0) is 18.4 Å². The number of nitrogens with one attached hydrogen (secondary N) is 1. The van der Waals surface area contributed by atoms with Crippen LogP contribution in [0.25, 0.3) is 0 Å². The first kappa shape index (κ1) is 15.1. The molecule has 0 saturated heterocycles. The zero-order valence-electron chi connectivity index (χ0n) is 12.6. The zero-order chi connectivity index (χ0) is 13.8. The van der Waals surface area contributed by atoms with Gasteiger partial charge in [0, 0.05) is 17.8 Å². The lowest BCUT2D eigenvalue weighted by molar-refractivity contribution is 0.543. The summed E-state index contributed by atoms with van der Waals surface area (Å²) in [5, 5.41) is 3.33. The summed E-state index contributed by atoms with van der Waals surface area (Å²) in [6.45, 7) is 11.5.